The average Bonchev–Trinajstić information content (AvgIpc) is 3.38. The van der Waals surface area contributed by atoms with Crippen LogP contribution in [0, 0.1) is 23.7 Å². The van der Waals surface area contributed by atoms with Gasteiger partial charge < -0.3 is 14.9 Å². The molecule has 0 radical (unpaired) electrons. The molecule has 1 aromatic rings. The molecule has 0 heterocycles. The number of unbranched alkanes of at least 4 members (excludes halogenated alkanes) is 2. The number of esters is 1. The Morgan fingerprint density at radius 1 is 1.19 bits per heavy atom. The number of sulfone groups is 1. The van der Waals surface area contributed by atoms with Gasteiger partial charge >= 0.3 is 5.97 Å². The molecule has 7 heteroatoms. The van der Waals surface area contributed by atoms with Gasteiger partial charge in [0.15, 0.2) is 0 Å². The maximum atomic E-state index is 13.8. The van der Waals surface area contributed by atoms with E-state index in [0.717, 1.165) is 24.8 Å². The van der Waals surface area contributed by atoms with Gasteiger partial charge in [-0.2, -0.15) is 0 Å². The molecule has 1 saturated carbocycles. The fraction of sp³-hybridized carbons (Fsp3) is 0.633. The summed E-state index contributed by atoms with van der Waals surface area (Å²) in [6.07, 6.45) is 9.85. The molecular formula is C30H44O6S. The molecular weight excluding hydrogens is 488 g/mol. The van der Waals surface area contributed by atoms with Crippen LogP contribution in [0.1, 0.15) is 78.1 Å². The molecule has 6 atom stereocenters. The van der Waals surface area contributed by atoms with Crippen LogP contribution in [-0.2, 0) is 19.4 Å². The van der Waals surface area contributed by atoms with Crippen LogP contribution in [0.15, 0.2) is 57.9 Å². The summed E-state index contributed by atoms with van der Waals surface area (Å²) in [7, 11) is -2.33. The van der Waals surface area contributed by atoms with Crippen LogP contribution in [0.2, 0.25) is 0 Å². The number of aliphatic hydroxyl groups excluding tert-OH is 2. The molecule has 0 aromatic heterocycles. The van der Waals surface area contributed by atoms with Crippen LogP contribution in [-0.4, -0.2) is 43.9 Å². The summed E-state index contributed by atoms with van der Waals surface area (Å²) in [5.41, 5.74) is 0.919. The van der Waals surface area contributed by atoms with E-state index in [0.29, 0.717) is 55.8 Å². The number of ether oxygens (including phenoxy) is 1. The molecule has 0 amide bonds. The highest BCUT2D eigenvalue weighted by molar-refractivity contribution is 7.95. The van der Waals surface area contributed by atoms with E-state index in [9.17, 15) is 23.4 Å². The smallest absolute Gasteiger partial charge is 0.305 e. The third-order valence-corrected chi connectivity index (χ3v) is 10.1. The Morgan fingerprint density at radius 2 is 1.92 bits per heavy atom. The highest BCUT2D eigenvalue weighted by Crippen LogP contribution is 2.54. The quantitative estimate of drug-likeness (QED) is 0.184. The van der Waals surface area contributed by atoms with Crippen molar-refractivity contribution in [3.63, 3.8) is 0 Å². The van der Waals surface area contributed by atoms with E-state index in [2.05, 4.69) is 13.8 Å². The molecule has 1 fully saturated rings. The summed E-state index contributed by atoms with van der Waals surface area (Å²) in [6.45, 7) is 4.32. The van der Waals surface area contributed by atoms with Crippen molar-refractivity contribution in [2.45, 2.75) is 95.2 Å². The molecule has 2 aliphatic carbocycles. The van der Waals surface area contributed by atoms with Crippen molar-refractivity contribution in [2.24, 2.45) is 23.7 Å². The monoisotopic (exact) mass is 532 g/mol. The zero-order valence-electron chi connectivity index (χ0n) is 22.5. The van der Waals surface area contributed by atoms with Crippen LogP contribution in [0.25, 0.3) is 0 Å². The van der Waals surface area contributed by atoms with Crippen molar-refractivity contribution in [2.75, 3.05) is 7.11 Å². The molecule has 206 valence electrons. The molecule has 3 rings (SSSR count). The molecule has 0 spiro atoms. The summed E-state index contributed by atoms with van der Waals surface area (Å²) in [5.74, 6) is -0.288. The maximum Gasteiger partial charge on any atom is 0.305 e. The molecule has 37 heavy (non-hydrogen) atoms. The first-order valence-electron chi connectivity index (χ1n) is 13.8. The molecule has 1 aromatic carbocycles. The second-order valence-electron chi connectivity index (χ2n) is 10.9. The molecule has 0 saturated heterocycles. The lowest BCUT2D eigenvalue weighted by Crippen LogP contribution is -2.18. The average molecular weight is 533 g/mol. The van der Waals surface area contributed by atoms with Crippen molar-refractivity contribution in [1.29, 1.82) is 0 Å². The standard InChI is InChI=1S/C30H44O6S/c1-4-5-11-21(2)18-23(31)16-17-25-26-19-22(12-9-10-15-29(33)36-3)30(27(26)20-28(25)32)37(34,35)24-13-7-6-8-14-24/h6-8,13-14,16-17,21,23,25-28,31-32H,4-5,9-12,15,18-20H2,1-3H3/b17-16+/t21?,23-,25+,26+,27+,28-/m1/s1. The van der Waals surface area contributed by atoms with Gasteiger partial charge in [0.2, 0.25) is 9.84 Å². The Kier molecular flexibility index (Phi) is 11.0. The van der Waals surface area contributed by atoms with Gasteiger partial charge in [0.05, 0.1) is 29.1 Å². The van der Waals surface area contributed by atoms with Crippen LogP contribution in [0.3, 0.4) is 0 Å². The van der Waals surface area contributed by atoms with E-state index in [1.54, 1.807) is 36.4 Å². The highest BCUT2D eigenvalue weighted by Gasteiger charge is 2.50. The van der Waals surface area contributed by atoms with E-state index < -0.39 is 22.0 Å². The fourth-order valence-electron chi connectivity index (χ4n) is 6.11. The summed E-state index contributed by atoms with van der Waals surface area (Å²) in [5, 5.41) is 21.5. The van der Waals surface area contributed by atoms with E-state index in [4.69, 9.17) is 4.74 Å². The molecule has 6 nitrogen and oxygen atoms in total. The number of hydrogen-bond acceptors (Lipinski definition) is 6. The first kappa shape index (κ1) is 29.6. The number of carbonyl (C=O) groups excluding carboxylic acids is 1. The summed E-state index contributed by atoms with van der Waals surface area (Å²) < 4.78 is 32.3. The Hall–Kier alpha value is -1.96. The highest BCUT2D eigenvalue weighted by atomic mass is 32.2. The number of benzene rings is 1. The van der Waals surface area contributed by atoms with Crippen molar-refractivity contribution in [3.05, 3.63) is 53.0 Å². The van der Waals surface area contributed by atoms with Crippen molar-refractivity contribution < 1.29 is 28.2 Å². The van der Waals surface area contributed by atoms with Gasteiger partial charge in [0.1, 0.15) is 0 Å². The second kappa shape index (κ2) is 13.7. The topological polar surface area (TPSA) is 101 Å². The minimum Gasteiger partial charge on any atom is -0.469 e. The first-order valence-corrected chi connectivity index (χ1v) is 15.3. The number of allylic oxidation sites excluding steroid dienone is 2. The van der Waals surface area contributed by atoms with Gasteiger partial charge in [-0.1, -0.05) is 69.0 Å². The number of hydrogen-bond donors (Lipinski definition) is 2. The van der Waals surface area contributed by atoms with Gasteiger partial charge in [0, 0.05) is 18.3 Å². The van der Waals surface area contributed by atoms with Gasteiger partial charge in [-0.15, -0.1) is 0 Å². The lowest BCUT2D eigenvalue weighted by atomic mass is 9.88. The summed E-state index contributed by atoms with van der Waals surface area (Å²) >= 11 is 0. The van der Waals surface area contributed by atoms with Crippen molar-refractivity contribution >= 4 is 15.8 Å². The Labute approximate surface area is 222 Å². The fourth-order valence-corrected chi connectivity index (χ4v) is 8.12. The second-order valence-corrected chi connectivity index (χ2v) is 12.8. The van der Waals surface area contributed by atoms with Crippen LogP contribution in [0.5, 0.6) is 0 Å². The molecule has 0 aliphatic heterocycles. The van der Waals surface area contributed by atoms with E-state index in [-0.39, 0.29) is 28.6 Å². The lowest BCUT2D eigenvalue weighted by Gasteiger charge is -2.19. The van der Waals surface area contributed by atoms with Crippen LogP contribution >= 0.6 is 0 Å². The number of aliphatic hydroxyl groups is 2. The maximum absolute atomic E-state index is 13.8. The number of carbonyl (C=O) groups is 1. The van der Waals surface area contributed by atoms with Gasteiger partial charge in [0.25, 0.3) is 0 Å². The molecule has 0 bridgehead atoms. The largest absolute Gasteiger partial charge is 0.469 e. The van der Waals surface area contributed by atoms with Gasteiger partial charge in [-0.25, -0.2) is 8.42 Å². The SMILES string of the molecule is CCCCC(C)C[C@H](O)/C=C/[C@H]1[C@@H]2CC(CCCCC(=O)OC)=C(S(=O)(=O)c3ccccc3)[C@H]2C[C@H]1O. The minimum atomic E-state index is -3.70. The summed E-state index contributed by atoms with van der Waals surface area (Å²) in [6, 6.07) is 8.52. The normalized spacial score (nSPS) is 25.4. The predicted molar refractivity (Wildman–Crippen MR) is 145 cm³/mol. The third kappa shape index (κ3) is 7.55. The first-order chi connectivity index (χ1) is 17.7. The third-order valence-electron chi connectivity index (χ3n) is 8.05. The van der Waals surface area contributed by atoms with Crippen LogP contribution < -0.4 is 0 Å². The molecule has 1 unspecified atom stereocenters. The number of rotatable bonds is 14. The van der Waals surface area contributed by atoms with E-state index >= 15 is 0 Å². The summed E-state index contributed by atoms with van der Waals surface area (Å²) in [4.78, 5) is 12.3. The number of methoxy groups -OCH3 is 1. The number of fused-ring (bicyclic) bond motifs is 1. The lowest BCUT2D eigenvalue weighted by molar-refractivity contribution is -0.140. The van der Waals surface area contributed by atoms with Crippen molar-refractivity contribution in [1.82, 2.24) is 0 Å². The zero-order chi connectivity index (χ0) is 27.0. The minimum absolute atomic E-state index is 0.0138. The zero-order valence-corrected chi connectivity index (χ0v) is 23.3. The Bertz CT molecular complexity index is 1050. The Balaban J connectivity index is 1.79. The van der Waals surface area contributed by atoms with Crippen LogP contribution in [0.4, 0.5) is 0 Å². The predicted octanol–water partition coefficient (Wildman–Crippen LogP) is 5.60. The van der Waals surface area contributed by atoms with Gasteiger partial charge in [-0.3, -0.25) is 4.79 Å². The molecule has 2 N–H and O–H groups in total. The van der Waals surface area contributed by atoms with E-state index in [1.165, 1.54) is 7.11 Å². The van der Waals surface area contributed by atoms with Gasteiger partial charge in [-0.05, 0) is 62.5 Å². The van der Waals surface area contributed by atoms with Crippen molar-refractivity contribution in [3.8, 4) is 0 Å². The Morgan fingerprint density at radius 3 is 2.59 bits per heavy atom. The van der Waals surface area contributed by atoms with E-state index in [1.807, 2.05) is 6.08 Å². The molecule has 2 aliphatic rings.